The first kappa shape index (κ1) is 15.5. The second kappa shape index (κ2) is 7.80. The molecule has 1 N–H and O–H groups in total. The van der Waals surface area contributed by atoms with Gasteiger partial charge in [0.2, 0.25) is 0 Å². The normalized spacial score (nSPS) is 26.6. The minimum Gasteiger partial charge on any atom is -0.369 e. The fourth-order valence-corrected chi connectivity index (χ4v) is 3.15. The summed E-state index contributed by atoms with van der Waals surface area (Å²) in [6, 6.07) is 10.5. The van der Waals surface area contributed by atoms with E-state index in [2.05, 4.69) is 49.5 Å². The van der Waals surface area contributed by atoms with Gasteiger partial charge in [-0.2, -0.15) is 0 Å². The number of ether oxygens (including phenoxy) is 1. The number of hydrogen-bond donors (Lipinski definition) is 1. The maximum Gasteiger partial charge on any atom is 0.0811 e. The highest BCUT2D eigenvalue weighted by Gasteiger charge is 2.35. The second-order valence-electron chi connectivity index (χ2n) is 6.09. The first-order valence-electron chi connectivity index (χ1n) is 8.16. The van der Waals surface area contributed by atoms with Crippen LogP contribution in [0.5, 0.6) is 0 Å². The molecule has 0 aliphatic heterocycles. The Morgan fingerprint density at radius 3 is 2.45 bits per heavy atom. The van der Waals surface area contributed by atoms with Crippen molar-refractivity contribution in [3.05, 3.63) is 35.9 Å². The summed E-state index contributed by atoms with van der Waals surface area (Å²) in [5, 5.41) is 3.50. The van der Waals surface area contributed by atoms with Gasteiger partial charge >= 0.3 is 0 Å². The van der Waals surface area contributed by atoms with E-state index in [0.29, 0.717) is 0 Å². The fraction of sp³-hybridized carbons (Fsp3) is 0.667. The summed E-state index contributed by atoms with van der Waals surface area (Å²) in [6.45, 7) is 7.23. The highest BCUT2D eigenvalue weighted by molar-refractivity contribution is 5.13. The van der Waals surface area contributed by atoms with Crippen molar-refractivity contribution in [2.24, 2.45) is 5.92 Å². The number of rotatable bonds is 7. The smallest absolute Gasteiger partial charge is 0.0811 e. The standard InChI is InChI=1S/C18H29NO/c1-3-16-10-12-18(13-11-16,15-19-4-2)20-14-17-8-6-5-7-9-17/h5-9,16,19H,3-4,10-15H2,1-2H3. The van der Waals surface area contributed by atoms with Crippen LogP contribution < -0.4 is 5.32 Å². The topological polar surface area (TPSA) is 21.3 Å². The summed E-state index contributed by atoms with van der Waals surface area (Å²) in [5.74, 6) is 0.907. The zero-order chi connectivity index (χ0) is 14.3. The van der Waals surface area contributed by atoms with E-state index in [1.165, 1.54) is 37.7 Å². The van der Waals surface area contributed by atoms with Gasteiger partial charge in [-0.15, -0.1) is 0 Å². The van der Waals surface area contributed by atoms with E-state index in [1.807, 2.05) is 0 Å². The van der Waals surface area contributed by atoms with E-state index in [0.717, 1.165) is 25.6 Å². The Morgan fingerprint density at radius 2 is 1.85 bits per heavy atom. The van der Waals surface area contributed by atoms with Gasteiger partial charge in [0.05, 0.1) is 12.2 Å². The molecule has 0 unspecified atom stereocenters. The first-order valence-corrected chi connectivity index (χ1v) is 8.16. The third-order valence-electron chi connectivity index (χ3n) is 4.68. The predicted octanol–water partition coefficient (Wildman–Crippen LogP) is 4.15. The van der Waals surface area contributed by atoms with Crippen LogP contribution in [0.3, 0.4) is 0 Å². The van der Waals surface area contributed by atoms with Crippen molar-refractivity contribution in [1.82, 2.24) is 5.32 Å². The van der Waals surface area contributed by atoms with E-state index in [1.54, 1.807) is 0 Å². The lowest BCUT2D eigenvalue weighted by atomic mass is 9.77. The minimum atomic E-state index is 0.0531. The highest BCUT2D eigenvalue weighted by atomic mass is 16.5. The van der Waals surface area contributed by atoms with Gasteiger partial charge in [-0.05, 0) is 43.7 Å². The monoisotopic (exact) mass is 275 g/mol. The van der Waals surface area contributed by atoms with Crippen LogP contribution in [0.2, 0.25) is 0 Å². The molecule has 1 aromatic rings. The van der Waals surface area contributed by atoms with Crippen LogP contribution in [-0.2, 0) is 11.3 Å². The maximum absolute atomic E-state index is 6.39. The second-order valence-corrected chi connectivity index (χ2v) is 6.09. The van der Waals surface area contributed by atoms with Gasteiger partial charge in [0.15, 0.2) is 0 Å². The van der Waals surface area contributed by atoms with Crippen LogP contribution in [-0.4, -0.2) is 18.7 Å². The van der Waals surface area contributed by atoms with Crippen molar-refractivity contribution in [3.63, 3.8) is 0 Å². The summed E-state index contributed by atoms with van der Waals surface area (Å²) in [7, 11) is 0. The van der Waals surface area contributed by atoms with Gasteiger partial charge in [0, 0.05) is 6.54 Å². The van der Waals surface area contributed by atoms with Gasteiger partial charge in [0.1, 0.15) is 0 Å². The fourth-order valence-electron chi connectivity index (χ4n) is 3.15. The van der Waals surface area contributed by atoms with Crippen LogP contribution in [0, 0.1) is 5.92 Å². The van der Waals surface area contributed by atoms with E-state index in [9.17, 15) is 0 Å². The molecule has 2 nitrogen and oxygen atoms in total. The molecule has 1 fully saturated rings. The average molecular weight is 275 g/mol. The lowest BCUT2D eigenvalue weighted by Crippen LogP contribution is -2.45. The lowest BCUT2D eigenvalue weighted by molar-refractivity contribution is -0.0860. The van der Waals surface area contributed by atoms with Gasteiger partial charge in [0.25, 0.3) is 0 Å². The molecular weight excluding hydrogens is 246 g/mol. The molecule has 20 heavy (non-hydrogen) atoms. The van der Waals surface area contributed by atoms with Crippen molar-refractivity contribution in [2.45, 2.75) is 58.2 Å². The number of hydrogen-bond acceptors (Lipinski definition) is 2. The van der Waals surface area contributed by atoms with Gasteiger partial charge in [-0.3, -0.25) is 0 Å². The molecule has 1 aliphatic carbocycles. The minimum absolute atomic E-state index is 0.0531. The molecule has 112 valence electrons. The zero-order valence-electron chi connectivity index (χ0n) is 13.0. The molecule has 0 saturated heterocycles. The molecule has 1 aromatic carbocycles. The zero-order valence-corrected chi connectivity index (χ0v) is 13.0. The molecule has 0 heterocycles. The molecule has 0 radical (unpaired) electrons. The van der Waals surface area contributed by atoms with Crippen LogP contribution >= 0.6 is 0 Å². The van der Waals surface area contributed by atoms with Crippen LogP contribution in [0.4, 0.5) is 0 Å². The number of nitrogens with one attached hydrogen (secondary N) is 1. The van der Waals surface area contributed by atoms with Crippen molar-refractivity contribution >= 4 is 0 Å². The van der Waals surface area contributed by atoms with E-state index >= 15 is 0 Å². The molecule has 0 spiro atoms. The van der Waals surface area contributed by atoms with Crippen LogP contribution in [0.15, 0.2) is 30.3 Å². The third kappa shape index (κ3) is 4.32. The van der Waals surface area contributed by atoms with E-state index in [4.69, 9.17) is 4.74 Å². The highest BCUT2D eigenvalue weighted by Crippen LogP contribution is 2.36. The summed E-state index contributed by atoms with van der Waals surface area (Å²) in [5.41, 5.74) is 1.33. The number of benzene rings is 1. The lowest BCUT2D eigenvalue weighted by Gasteiger charge is -2.40. The van der Waals surface area contributed by atoms with Crippen molar-refractivity contribution in [1.29, 1.82) is 0 Å². The average Bonchev–Trinajstić information content (AvgIpc) is 2.53. The molecule has 0 amide bonds. The van der Waals surface area contributed by atoms with Gasteiger partial charge in [-0.25, -0.2) is 0 Å². The quantitative estimate of drug-likeness (QED) is 0.807. The number of likely N-dealkylation sites (N-methyl/N-ethyl adjacent to an activating group) is 1. The van der Waals surface area contributed by atoms with Crippen molar-refractivity contribution < 1.29 is 4.74 Å². The third-order valence-corrected chi connectivity index (χ3v) is 4.68. The van der Waals surface area contributed by atoms with Gasteiger partial charge < -0.3 is 10.1 Å². The van der Waals surface area contributed by atoms with E-state index < -0.39 is 0 Å². The first-order chi connectivity index (χ1) is 9.78. The summed E-state index contributed by atoms with van der Waals surface area (Å²) in [4.78, 5) is 0. The van der Waals surface area contributed by atoms with Crippen LogP contribution in [0.25, 0.3) is 0 Å². The van der Waals surface area contributed by atoms with Crippen molar-refractivity contribution in [2.75, 3.05) is 13.1 Å². The van der Waals surface area contributed by atoms with Crippen molar-refractivity contribution in [3.8, 4) is 0 Å². The molecule has 1 aliphatic rings. The predicted molar refractivity (Wildman–Crippen MR) is 84.8 cm³/mol. The molecule has 0 bridgehead atoms. The molecule has 2 rings (SSSR count). The Kier molecular flexibility index (Phi) is 6.06. The molecule has 2 heteroatoms. The molecular formula is C18H29NO. The Labute approximate surface area is 123 Å². The van der Waals surface area contributed by atoms with E-state index in [-0.39, 0.29) is 5.60 Å². The molecule has 1 saturated carbocycles. The van der Waals surface area contributed by atoms with Gasteiger partial charge in [-0.1, -0.05) is 50.6 Å². The largest absolute Gasteiger partial charge is 0.369 e. The maximum atomic E-state index is 6.39. The SMILES string of the molecule is CCNCC1(OCc2ccccc2)CCC(CC)CC1. The Bertz CT molecular complexity index is 368. The van der Waals surface area contributed by atoms with Crippen LogP contribution in [0.1, 0.15) is 51.5 Å². The summed E-state index contributed by atoms with van der Waals surface area (Å²) >= 11 is 0. The Balaban J connectivity index is 1.93. The molecule has 0 atom stereocenters. The Hall–Kier alpha value is -0.860. The molecule has 0 aromatic heterocycles. The summed E-state index contributed by atoms with van der Waals surface area (Å²) < 4.78 is 6.39. The Morgan fingerprint density at radius 1 is 1.15 bits per heavy atom. The summed E-state index contributed by atoms with van der Waals surface area (Å²) in [6.07, 6.45) is 6.35.